The van der Waals surface area contributed by atoms with E-state index in [1.807, 2.05) is 44.2 Å². The quantitative estimate of drug-likeness (QED) is 0.707. The van der Waals surface area contributed by atoms with Gasteiger partial charge in [-0.1, -0.05) is 45.9 Å². The molecular formula is C21H28O4. The van der Waals surface area contributed by atoms with E-state index in [0.717, 1.165) is 5.56 Å². The van der Waals surface area contributed by atoms with Gasteiger partial charge in [0, 0.05) is 5.56 Å². The summed E-state index contributed by atoms with van der Waals surface area (Å²) >= 11 is 0. The first-order valence-corrected chi connectivity index (χ1v) is 8.71. The second kappa shape index (κ2) is 8.37. The fourth-order valence-corrected chi connectivity index (χ4v) is 2.60. The molecule has 0 saturated carbocycles. The van der Waals surface area contributed by atoms with E-state index < -0.39 is 12.2 Å². The molecular weight excluding hydrogens is 316 g/mol. The van der Waals surface area contributed by atoms with Crippen molar-refractivity contribution in [3.8, 4) is 11.5 Å². The van der Waals surface area contributed by atoms with Crippen LogP contribution < -0.4 is 4.74 Å². The van der Waals surface area contributed by atoms with Gasteiger partial charge in [-0.15, -0.1) is 0 Å². The third-order valence-electron chi connectivity index (χ3n) is 4.37. The molecule has 4 nitrogen and oxygen atoms in total. The van der Waals surface area contributed by atoms with E-state index in [9.17, 15) is 15.3 Å². The van der Waals surface area contributed by atoms with Crippen molar-refractivity contribution in [3.63, 3.8) is 0 Å². The second-order valence-electron chi connectivity index (χ2n) is 7.02. The lowest BCUT2D eigenvalue weighted by Crippen LogP contribution is -2.25. The molecule has 2 rings (SSSR count). The van der Waals surface area contributed by atoms with Crippen molar-refractivity contribution >= 4 is 0 Å². The maximum atomic E-state index is 10.4. The third kappa shape index (κ3) is 4.97. The average molecular weight is 344 g/mol. The monoisotopic (exact) mass is 344 g/mol. The molecule has 0 spiro atoms. The normalized spacial score (nSPS) is 13.9. The molecule has 2 aromatic carbocycles. The Morgan fingerprint density at radius 3 is 1.96 bits per heavy atom. The van der Waals surface area contributed by atoms with Gasteiger partial charge >= 0.3 is 0 Å². The molecule has 2 aromatic rings. The minimum absolute atomic E-state index is 0.0303. The molecule has 0 radical (unpaired) electrons. The summed E-state index contributed by atoms with van der Waals surface area (Å²) in [4.78, 5) is 0. The first-order valence-electron chi connectivity index (χ1n) is 8.71. The van der Waals surface area contributed by atoms with Gasteiger partial charge in [0.15, 0.2) is 0 Å². The van der Waals surface area contributed by atoms with Crippen LogP contribution >= 0.6 is 0 Å². The number of aromatic hydroxyl groups is 1. The van der Waals surface area contributed by atoms with E-state index in [-0.39, 0.29) is 18.3 Å². The number of benzene rings is 2. The minimum Gasteiger partial charge on any atom is -0.508 e. The largest absolute Gasteiger partial charge is 0.508 e. The SMILES string of the molecule is CC(C)c1ccc(OCC(O)C(O)c2cc(C(C)C)ccc2O)cc1. The molecule has 4 heteroatoms. The van der Waals surface area contributed by atoms with Gasteiger partial charge in [-0.25, -0.2) is 0 Å². The summed E-state index contributed by atoms with van der Waals surface area (Å²) < 4.78 is 5.57. The molecule has 3 N–H and O–H groups in total. The Morgan fingerprint density at radius 1 is 0.840 bits per heavy atom. The summed E-state index contributed by atoms with van der Waals surface area (Å²) in [5, 5.41) is 30.6. The summed E-state index contributed by atoms with van der Waals surface area (Å²) in [5.74, 6) is 1.31. The Balaban J connectivity index is 2.02. The van der Waals surface area contributed by atoms with Gasteiger partial charge in [-0.3, -0.25) is 0 Å². The molecule has 0 amide bonds. The lowest BCUT2D eigenvalue weighted by Gasteiger charge is -2.21. The number of hydrogen-bond acceptors (Lipinski definition) is 4. The summed E-state index contributed by atoms with van der Waals surface area (Å²) in [6, 6.07) is 12.8. The highest BCUT2D eigenvalue weighted by atomic mass is 16.5. The molecule has 0 bridgehead atoms. The van der Waals surface area contributed by atoms with Crippen LogP contribution in [0.4, 0.5) is 0 Å². The van der Waals surface area contributed by atoms with Gasteiger partial charge < -0.3 is 20.1 Å². The number of phenolic OH excluding ortho intramolecular Hbond substituents is 1. The first kappa shape index (κ1) is 19.3. The van der Waals surface area contributed by atoms with Crippen molar-refractivity contribution in [1.29, 1.82) is 0 Å². The topological polar surface area (TPSA) is 69.9 Å². The highest BCUT2D eigenvalue weighted by Crippen LogP contribution is 2.30. The molecule has 0 aliphatic carbocycles. The fraction of sp³-hybridized carbons (Fsp3) is 0.429. The highest BCUT2D eigenvalue weighted by molar-refractivity contribution is 5.39. The number of hydrogen-bond donors (Lipinski definition) is 3. The van der Waals surface area contributed by atoms with Crippen LogP contribution in [0.3, 0.4) is 0 Å². The number of rotatable bonds is 7. The van der Waals surface area contributed by atoms with Crippen molar-refractivity contribution in [1.82, 2.24) is 0 Å². The van der Waals surface area contributed by atoms with Crippen LogP contribution in [-0.2, 0) is 0 Å². The van der Waals surface area contributed by atoms with Gasteiger partial charge in [0.05, 0.1) is 0 Å². The molecule has 0 aromatic heterocycles. The standard InChI is InChI=1S/C21H28O4/c1-13(2)15-5-8-17(9-6-15)25-12-20(23)21(24)18-11-16(14(3)4)7-10-19(18)22/h5-11,13-14,20-24H,12H2,1-4H3. The van der Waals surface area contributed by atoms with E-state index in [1.165, 1.54) is 5.56 Å². The average Bonchev–Trinajstić information content (AvgIpc) is 2.59. The highest BCUT2D eigenvalue weighted by Gasteiger charge is 2.23. The molecule has 2 unspecified atom stereocenters. The number of aliphatic hydroxyl groups excluding tert-OH is 2. The van der Waals surface area contributed by atoms with E-state index in [4.69, 9.17) is 4.74 Å². The smallest absolute Gasteiger partial charge is 0.121 e. The van der Waals surface area contributed by atoms with Crippen molar-refractivity contribution in [2.24, 2.45) is 0 Å². The zero-order chi connectivity index (χ0) is 18.6. The van der Waals surface area contributed by atoms with Crippen LogP contribution in [0.25, 0.3) is 0 Å². The maximum Gasteiger partial charge on any atom is 0.121 e. The first-order chi connectivity index (χ1) is 11.8. The Hall–Kier alpha value is -2.04. The molecule has 0 aliphatic rings. The summed E-state index contributed by atoms with van der Waals surface area (Å²) in [6.45, 7) is 8.24. The van der Waals surface area contributed by atoms with Gasteiger partial charge in [0.1, 0.15) is 30.3 Å². The van der Waals surface area contributed by atoms with Crippen LogP contribution in [0.5, 0.6) is 11.5 Å². The van der Waals surface area contributed by atoms with Crippen molar-refractivity contribution in [3.05, 3.63) is 59.2 Å². The van der Waals surface area contributed by atoms with Crippen LogP contribution in [0.1, 0.15) is 62.3 Å². The van der Waals surface area contributed by atoms with E-state index in [2.05, 4.69) is 13.8 Å². The lowest BCUT2D eigenvalue weighted by atomic mass is 9.96. The maximum absolute atomic E-state index is 10.4. The summed E-state index contributed by atoms with van der Waals surface area (Å²) in [7, 11) is 0. The van der Waals surface area contributed by atoms with Crippen LogP contribution in [0, 0.1) is 0 Å². The van der Waals surface area contributed by atoms with E-state index in [1.54, 1.807) is 12.1 Å². The number of phenols is 1. The molecule has 2 atom stereocenters. The minimum atomic E-state index is -1.21. The van der Waals surface area contributed by atoms with E-state index in [0.29, 0.717) is 17.2 Å². The zero-order valence-corrected chi connectivity index (χ0v) is 15.3. The van der Waals surface area contributed by atoms with Crippen molar-refractivity contribution < 1.29 is 20.1 Å². The number of aliphatic hydroxyl groups is 2. The molecule has 136 valence electrons. The van der Waals surface area contributed by atoms with Crippen molar-refractivity contribution in [2.45, 2.75) is 51.7 Å². The Morgan fingerprint density at radius 2 is 1.40 bits per heavy atom. The van der Waals surface area contributed by atoms with Gasteiger partial charge in [0.25, 0.3) is 0 Å². The van der Waals surface area contributed by atoms with Crippen LogP contribution in [0.15, 0.2) is 42.5 Å². The molecule has 0 heterocycles. The molecule has 0 fully saturated rings. The predicted octanol–water partition coefficient (Wildman–Crippen LogP) is 4.11. The summed E-state index contributed by atoms with van der Waals surface area (Å²) in [5.41, 5.74) is 2.52. The van der Waals surface area contributed by atoms with E-state index >= 15 is 0 Å². The fourth-order valence-electron chi connectivity index (χ4n) is 2.60. The molecule has 0 aliphatic heterocycles. The van der Waals surface area contributed by atoms with Crippen LogP contribution in [-0.4, -0.2) is 28.0 Å². The zero-order valence-electron chi connectivity index (χ0n) is 15.3. The third-order valence-corrected chi connectivity index (χ3v) is 4.37. The predicted molar refractivity (Wildman–Crippen MR) is 99.2 cm³/mol. The Bertz CT molecular complexity index is 677. The molecule has 0 saturated heterocycles. The van der Waals surface area contributed by atoms with Gasteiger partial charge in [0.2, 0.25) is 0 Å². The summed E-state index contributed by atoms with van der Waals surface area (Å²) in [6.07, 6.45) is -2.35. The second-order valence-corrected chi connectivity index (χ2v) is 7.02. The van der Waals surface area contributed by atoms with Gasteiger partial charge in [-0.05, 0) is 47.2 Å². The number of ether oxygens (including phenoxy) is 1. The lowest BCUT2D eigenvalue weighted by molar-refractivity contribution is -0.0101. The molecule has 25 heavy (non-hydrogen) atoms. The Labute approximate surface area is 149 Å². The van der Waals surface area contributed by atoms with Crippen LogP contribution in [0.2, 0.25) is 0 Å². The van der Waals surface area contributed by atoms with Crippen molar-refractivity contribution in [2.75, 3.05) is 6.61 Å². The Kier molecular flexibility index (Phi) is 6.45. The van der Waals surface area contributed by atoms with Gasteiger partial charge in [-0.2, -0.15) is 0 Å².